The molecule has 3 aliphatic carbocycles. The minimum absolute atomic E-state index is 0.0165. The average molecular weight is 1130 g/mol. The molecule has 7 aromatic rings. The predicted octanol–water partition coefficient (Wildman–Crippen LogP) is 18.9. The molecule has 0 saturated heterocycles. The first-order valence-electron chi connectivity index (χ1n) is 29.2. The minimum atomic E-state index is -5.14. The molecule has 0 radical (unpaired) electrons. The first kappa shape index (κ1) is 57.3. The van der Waals surface area contributed by atoms with Crippen molar-refractivity contribution in [1.82, 2.24) is 0 Å². The van der Waals surface area contributed by atoms with Crippen LogP contribution in [0.5, 0.6) is 17.2 Å². The lowest BCUT2D eigenvalue weighted by atomic mass is 9.68. The van der Waals surface area contributed by atoms with Crippen LogP contribution in [0.3, 0.4) is 0 Å². The number of carbonyl (C=O) groups is 2. The Bertz CT molecular complexity index is 3610. The van der Waals surface area contributed by atoms with Crippen LogP contribution < -0.4 is 24.8 Å². The van der Waals surface area contributed by atoms with Gasteiger partial charge >= 0.3 is 12.4 Å². The highest BCUT2D eigenvalue weighted by molar-refractivity contribution is 6.11. The molecule has 1 aliphatic heterocycles. The Hall–Kier alpha value is -7.54. The number of amides is 2. The molecule has 1 unspecified atom stereocenters. The number of halogens is 6. The van der Waals surface area contributed by atoms with E-state index in [0.29, 0.717) is 84.3 Å². The van der Waals surface area contributed by atoms with E-state index < -0.39 is 34.5 Å². The molecule has 4 aliphatic rings. The molecule has 2 N–H and O–H groups in total. The van der Waals surface area contributed by atoms with Crippen LogP contribution in [0.2, 0.25) is 0 Å². The molecule has 0 bridgehead atoms. The second-order valence-electron chi connectivity index (χ2n) is 23.9. The maximum absolute atomic E-state index is 15.3. The molecular weight excluding hydrogens is 1060 g/mol. The number of rotatable bonds is 14. The summed E-state index contributed by atoms with van der Waals surface area (Å²) in [6.45, 7) is 7.33. The standard InChI is InChI=1S/C70H70F6N2O5/c1-7-8-10-13-42-16-18-43(19-17-42)44-20-22-45(23-21-44)65(79)77-50-28-24-46(25-29-50)66(80)78-51-30-33-53(41(2)36-51)55-39-56-57(40-60(55)82-6)64-54(34-35-68(83-64,47-14-11-9-12-15-47)48-26-31-52(81-5)32-27-48)63-61(56)58-37-49(69(71,72)73)38-59(70(74,75)76)62(58)67(63,3)4/h9,11-12,14-15,24-40,42-45H,7-8,10,13,16-23H2,1-6H3,(H,77,79)(H,78,80)/t42-,43-,44-,45-,68?. The van der Waals surface area contributed by atoms with Gasteiger partial charge in [0.1, 0.15) is 17.2 Å². The molecule has 1 atom stereocenters. The molecule has 1 heterocycles. The number of hydrogen-bond donors (Lipinski definition) is 2. The highest BCUT2D eigenvalue weighted by atomic mass is 19.4. The lowest BCUT2D eigenvalue weighted by molar-refractivity contribution is -0.143. The van der Waals surface area contributed by atoms with Crippen LogP contribution in [0.1, 0.15) is 153 Å². The normalized spacial score (nSPS) is 20.9. The lowest BCUT2D eigenvalue weighted by Crippen LogP contribution is -2.35. The summed E-state index contributed by atoms with van der Waals surface area (Å²) in [6, 6.07) is 33.5. The largest absolute Gasteiger partial charge is 0.497 e. The summed E-state index contributed by atoms with van der Waals surface area (Å²) in [4.78, 5) is 27.2. The quantitative estimate of drug-likeness (QED) is 0.0837. The van der Waals surface area contributed by atoms with Crippen LogP contribution >= 0.6 is 0 Å². The van der Waals surface area contributed by atoms with E-state index in [4.69, 9.17) is 14.2 Å². The van der Waals surface area contributed by atoms with Gasteiger partial charge in [-0.1, -0.05) is 114 Å². The maximum atomic E-state index is 15.3. The molecule has 7 aromatic carbocycles. The zero-order chi connectivity index (χ0) is 58.6. The highest BCUT2D eigenvalue weighted by Crippen LogP contribution is 2.62. The van der Waals surface area contributed by atoms with Crippen LogP contribution in [0.25, 0.3) is 39.1 Å². The number of methoxy groups -OCH3 is 2. The van der Waals surface area contributed by atoms with Crippen molar-refractivity contribution < 1.29 is 50.1 Å². The van der Waals surface area contributed by atoms with E-state index in [1.54, 1.807) is 75.6 Å². The number of anilines is 2. The van der Waals surface area contributed by atoms with Gasteiger partial charge in [0.25, 0.3) is 5.91 Å². The first-order chi connectivity index (χ1) is 39.7. The van der Waals surface area contributed by atoms with Gasteiger partial charge in [0.2, 0.25) is 5.91 Å². The topological polar surface area (TPSA) is 85.9 Å². The smallest absolute Gasteiger partial charge is 0.416 e. The molecule has 7 nitrogen and oxygen atoms in total. The second kappa shape index (κ2) is 22.6. The third-order valence-corrected chi connectivity index (χ3v) is 18.5. The predicted molar refractivity (Wildman–Crippen MR) is 316 cm³/mol. The number of ether oxygens (including phenoxy) is 3. The molecule has 11 rings (SSSR count). The second-order valence-corrected chi connectivity index (χ2v) is 23.9. The van der Waals surface area contributed by atoms with Crippen molar-refractivity contribution in [3.8, 4) is 39.5 Å². The number of hydrogen-bond acceptors (Lipinski definition) is 5. The van der Waals surface area contributed by atoms with E-state index in [0.717, 1.165) is 49.1 Å². The fourth-order valence-electron chi connectivity index (χ4n) is 14.2. The van der Waals surface area contributed by atoms with Crippen LogP contribution in [0.4, 0.5) is 37.7 Å². The molecule has 13 heteroatoms. The molecule has 2 amide bonds. The SMILES string of the molecule is CCCCC[C@H]1CC[C@H]([C@H]2CC[C@H](C(=O)Nc3ccc(C(=O)Nc4ccc(-c5cc6c7c(c8c(c6cc5OC)OC(c5ccccc5)(c5ccc(OC)cc5)C=C8)C(C)(C)c5c-7cc(C(F)(F)F)cc5C(F)(F)F)c(C)c4)cc3)CC2)CC1. The van der Waals surface area contributed by atoms with E-state index in [1.165, 1.54) is 58.5 Å². The number of unbranched alkanes of at least 4 members (excludes halogenated alkanes) is 2. The van der Waals surface area contributed by atoms with Gasteiger partial charge in [-0.2, -0.15) is 26.3 Å². The van der Waals surface area contributed by atoms with Crippen molar-refractivity contribution >= 4 is 40.0 Å². The Balaban J connectivity index is 0.898. The Kier molecular flexibility index (Phi) is 15.6. The highest BCUT2D eigenvalue weighted by Gasteiger charge is 2.50. The van der Waals surface area contributed by atoms with E-state index in [-0.39, 0.29) is 40.5 Å². The zero-order valence-corrected chi connectivity index (χ0v) is 47.8. The van der Waals surface area contributed by atoms with Crippen molar-refractivity contribution in [3.63, 3.8) is 0 Å². The first-order valence-corrected chi connectivity index (χ1v) is 29.2. The van der Waals surface area contributed by atoms with E-state index in [2.05, 4.69) is 17.6 Å². The van der Waals surface area contributed by atoms with Crippen LogP contribution in [-0.2, 0) is 28.2 Å². The summed E-state index contributed by atoms with van der Waals surface area (Å²) in [5.74, 6) is 3.25. The van der Waals surface area contributed by atoms with Gasteiger partial charge in [-0.05, 0) is 181 Å². The molecule has 2 fully saturated rings. The number of aryl methyl sites for hydroxylation is 1. The molecule has 432 valence electrons. The van der Waals surface area contributed by atoms with Gasteiger partial charge in [-0.3, -0.25) is 9.59 Å². The number of benzene rings is 7. The maximum Gasteiger partial charge on any atom is 0.416 e. The van der Waals surface area contributed by atoms with Crippen LogP contribution in [0, 0.1) is 30.6 Å². The monoisotopic (exact) mass is 1130 g/mol. The van der Waals surface area contributed by atoms with Gasteiger partial charge < -0.3 is 24.8 Å². The Morgan fingerprint density at radius 1 is 0.651 bits per heavy atom. The van der Waals surface area contributed by atoms with Crippen LogP contribution in [0.15, 0.2) is 127 Å². The third kappa shape index (κ3) is 10.9. The molecule has 2 saturated carbocycles. The van der Waals surface area contributed by atoms with E-state index >= 15 is 13.2 Å². The fourth-order valence-corrected chi connectivity index (χ4v) is 14.2. The van der Waals surface area contributed by atoms with Gasteiger partial charge in [0, 0.05) is 55.9 Å². The summed E-state index contributed by atoms with van der Waals surface area (Å²) in [7, 11) is 3.06. The summed E-state index contributed by atoms with van der Waals surface area (Å²) in [5.41, 5.74) is -0.222. The third-order valence-electron chi connectivity index (χ3n) is 18.5. The Morgan fingerprint density at radius 2 is 1.31 bits per heavy atom. The van der Waals surface area contributed by atoms with E-state index in [9.17, 15) is 22.8 Å². The van der Waals surface area contributed by atoms with Gasteiger partial charge in [-0.15, -0.1) is 0 Å². The van der Waals surface area contributed by atoms with Crippen molar-refractivity contribution in [3.05, 3.63) is 177 Å². The molecular formula is C70H70F6N2O5. The Labute approximate surface area is 481 Å². The van der Waals surface area contributed by atoms with Crippen molar-refractivity contribution in [2.75, 3.05) is 24.9 Å². The van der Waals surface area contributed by atoms with Crippen molar-refractivity contribution in [1.29, 1.82) is 0 Å². The number of alkyl halides is 6. The van der Waals surface area contributed by atoms with Crippen molar-refractivity contribution in [2.45, 2.75) is 128 Å². The summed E-state index contributed by atoms with van der Waals surface area (Å²) in [5, 5.41) is 6.83. The van der Waals surface area contributed by atoms with Crippen molar-refractivity contribution in [2.24, 2.45) is 23.7 Å². The zero-order valence-electron chi connectivity index (χ0n) is 47.8. The number of nitrogens with one attached hydrogen (secondary N) is 2. The van der Waals surface area contributed by atoms with Gasteiger partial charge in [0.15, 0.2) is 5.60 Å². The average Bonchev–Trinajstić information content (AvgIpc) is 1.95. The van der Waals surface area contributed by atoms with Gasteiger partial charge in [-0.25, -0.2) is 0 Å². The summed E-state index contributed by atoms with van der Waals surface area (Å²) in [6.07, 6.45) is 8.06. The lowest BCUT2D eigenvalue weighted by Gasteiger charge is -2.38. The molecule has 0 aromatic heterocycles. The summed E-state index contributed by atoms with van der Waals surface area (Å²) < 4.78 is 109. The minimum Gasteiger partial charge on any atom is -0.497 e. The molecule has 0 spiro atoms. The summed E-state index contributed by atoms with van der Waals surface area (Å²) >= 11 is 0. The Morgan fingerprint density at radius 3 is 1.94 bits per heavy atom. The molecule has 83 heavy (non-hydrogen) atoms. The fraction of sp³-hybridized carbons (Fsp3) is 0.371. The number of fused-ring (bicyclic) bond motifs is 8. The van der Waals surface area contributed by atoms with Crippen LogP contribution in [-0.4, -0.2) is 26.0 Å². The van der Waals surface area contributed by atoms with Gasteiger partial charge in [0.05, 0.1) is 25.3 Å². The number of carbonyl (C=O) groups excluding carboxylic acids is 2. The van der Waals surface area contributed by atoms with E-state index in [1.807, 2.05) is 73.7 Å².